The lowest BCUT2D eigenvalue weighted by Gasteiger charge is -2.16. The van der Waals surface area contributed by atoms with E-state index in [1.165, 1.54) is 0 Å². The molecule has 3 aromatic rings. The number of hydrogen-bond donors (Lipinski definition) is 0. The third-order valence-corrected chi connectivity index (χ3v) is 4.24. The van der Waals surface area contributed by atoms with E-state index in [1.54, 1.807) is 6.26 Å². The second kappa shape index (κ2) is 6.12. The Kier molecular flexibility index (Phi) is 4.22. The summed E-state index contributed by atoms with van der Waals surface area (Å²) in [4.78, 5) is 4.57. The van der Waals surface area contributed by atoms with Gasteiger partial charge in [-0.1, -0.05) is 17.7 Å². The molecule has 0 aliphatic rings. The van der Waals surface area contributed by atoms with Gasteiger partial charge in [-0.2, -0.15) is 0 Å². The zero-order valence-electron chi connectivity index (χ0n) is 11.7. The maximum Gasteiger partial charge on any atom is 0.125 e. The number of para-hydroxylation sites is 1. The number of furan rings is 1. The Morgan fingerprint density at radius 3 is 2.86 bits per heavy atom. The highest BCUT2D eigenvalue weighted by molar-refractivity contribution is 6.35. The van der Waals surface area contributed by atoms with E-state index in [9.17, 15) is 0 Å². The first-order valence-electron chi connectivity index (χ1n) is 6.94. The summed E-state index contributed by atoms with van der Waals surface area (Å²) in [5.74, 6) is 2.22. The molecule has 0 amide bonds. The summed E-state index contributed by atoms with van der Waals surface area (Å²) in [6.45, 7) is 2.17. The van der Waals surface area contributed by atoms with Gasteiger partial charge in [-0.05, 0) is 37.6 Å². The summed E-state index contributed by atoms with van der Waals surface area (Å²) < 4.78 is 7.57. The van der Waals surface area contributed by atoms with Gasteiger partial charge < -0.3 is 8.98 Å². The fraction of sp³-hybridized carbons (Fsp3) is 0.312. The molecule has 0 fully saturated rings. The van der Waals surface area contributed by atoms with Crippen molar-refractivity contribution in [2.75, 3.05) is 0 Å². The van der Waals surface area contributed by atoms with Gasteiger partial charge in [-0.3, -0.25) is 0 Å². The maximum atomic E-state index is 6.23. The smallest absolute Gasteiger partial charge is 0.125 e. The molecule has 21 heavy (non-hydrogen) atoms. The van der Waals surface area contributed by atoms with Gasteiger partial charge in [0, 0.05) is 12.5 Å². The summed E-state index contributed by atoms with van der Waals surface area (Å²) in [6, 6.07) is 10.0. The topological polar surface area (TPSA) is 31.0 Å². The molecule has 0 saturated carbocycles. The number of alkyl halides is 1. The van der Waals surface area contributed by atoms with E-state index in [0.29, 0.717) is 10.9 Å². The van der Waals surface area contributed by atoms with Crippen molar-refractivity contribution in [2.45, 2.75) is 31.7 Å². The van der Waals surface area contributed by atoms with Gasteiger partial charge in [0.2, 0.25) is 0 Å². The van der Waals surface area contributed by atoms with Crippen LogP contribution in [0.2, 0.25) is 5.02 Å². The van der Waals surface area contributed by atoms with Gasteiger partial charge in [-0.25, -0.2) is 4.98 Å². The fourth-order valence-electron chi connectivity index (χ4n) is 2.65. The predicted octanol–water partition coefficient (Wildman–Crippen LogP) is 5.22. The zero-order valence-corrected chi connectivity index (χ0v) is 13.2. The predicted molar refractivity (Wildman–Crippen MR) is 86.0 cm³/mol. The van der Waals surface area contributed by atoms with Crippen LogP contribution in [0.4, 0.5) is 0 Å². The van der Waals surface area contributed by atoms with E-state index < -0.39 is 0 Å². The van der Waals surface area contributed by atoms with Gasteiger partial charge in [0.15, 0.2) is 0 Å². The Bertz CT molecular complexity index is 734. The zero-order chi connectivity index (χ0) is 14.8. The lowest BCUT2D eigenvalue weighted by Crippen LogP contribution is -2.09. The Morgan fingerprint density at radius 2 is 2.14 bits per heavy atom. The third kappa shape index (κ3) is 2.81. The second-order valence-electron chi connectivity index (χ2n) is 5.11. The molecule has 2 heterocycles. The molecule has 0 spiro atoms. The van der Waals surface area contributed by atoms with Crippen molar-refractivity contribution in [3.8, 4) is 0 Å². The number of aromatic nitrogens is 2. The van der Waals surface area contributed by atoms with Crippen LogP contribution in [0.1, 0.15) is 31.0 Å². The van der Waals surface area contributed by atoms with Crippen LogP contribution in [-0.2, 0) is 12.3 Å². The number of rotatable bonds is 5. The van der Waals surface area contributed by atoms with Crippen molar-refractivity contribution < 1.29 is 4.42 Å². The highest BCUT2D eigenvalue weighted by Gasteiger charge is 2.17. The molecule has 3 rings (SSSR count). The minimum Gasteiger partial charge on any atom is -0.469 e. The summed E-state index contributed by atoms with van der Waals surface area (Å²) in [7, 11) is 0. The van der Waals surface area contributed by atoms with Crippen LogP contribution in [0.25, 0.3) is 11.0 Å². The van der Waals surface area contributed by atoms with E-state index in [2.05, 4.69) is 16.5 Å². The Balaban J connectivity index is 1.92. The maximum absolute atomic E-state index is 6.23. The number of benzene rings is 1. The van der Waals surface area contributed by atoms with E-state index >= 15 is 0 Å². The number of halogens is 2. The summed E-state index contributed by atoms with van der Waals surface area (Å²) in [6.07, 6.45) is 3.54. The Hall–Kier alpha value is -1.45. The average molecular weight is 323 g/mol. The monoisotopic (exact) mass is 322 g/mol. The number of aryl methyl sites for hydroxylation is 1. The molecule has 1 unspecified atom stereocenters. The molecule has 1 aromatic carbocycles. The SMILES string of the molecule is CC(CCc1ccco1)n1c(CCl)nc2c(Cl)cccc21. The molecule has 0 N–H and O–H groups in total. The first-order chi connectivity index (χ1) is 10.2. The number of fused-ring (bicyclic) bond motifs is 1. The van der Waals surface area contributed by atoms with E-state index in [0.717, 1.165) is 35.5 Å². The highest BCUT2D eigenvalue weighted by atomic mass is 35.5. The van der Waals surface area contributed by atoms with Crippen molar-refractivity contribution in [3.63, 3.8) is 0 Å². The van der Waals surface area contributed by atoms with Crippen molar-refractivity contribution >= 4 is 34.2 Å². The highest BCUT2D eigenvalue weighted by Crippen LogP contribution is 2.29. The minimum atomic E-state index is 0.271. The number of imidazole rings is 1. The van der Waals surface area contributed by atoms with Crippen LogP contribution in [0, 0.1) is 0 Å². The summed E-state index contributed by atoms with van der Waals surface area (Å²) in [5.41, 5.74) is 1.85. The van der Waals surface area contributed by atoms with E-state index in [1.807, 2.05) is 30.3 Å². The number of hydrogen-bond acceptors (Lipinski definition) is 2. The van der Waals surface area contributed by atoms with Crippen LogP contribution < -0.4 is 0 Å². The van der Waals surface area contributed by atoms with Gasteiger partial charge in [0.1, 0.15) is 17.1 Å². The molecule has 3 nitrogen and oxygen atoms in total. The summed E-state index contributed by atoms with van der Waals surface area (Å²) in [5, 5.41) is 0.663. The van der Waals surface area contributed by atoms with Crippen molar-refractivity contribution in [3.05, 3.63) is 53.2 Å². The molecule has 0 bridgehead atoms. The molecule has 5 heteroatoms. The van der Waals surface area contributed by atoms with Crippen LogP contribution >= 0.6 is 23.2 Å². The molecular formula is C16H16Cl2N2O. The van der Waals surface area contributed by atoms with Gasteiger partial charge >= 0.3 is 0 Å². The summed E-state index contributed by atoms with van der Waals surface area (Å²) >= 11 is 12.3. The molecule has 110 valence electrons. The number of nitrogens with zero attached hydrogens (tertiary/aromatic N) is 2. The van der Waals surface area contributed by atoms with Crippen molar-refractivity contribution in [1.29, 1.82) is 0 Å². The standard InChI is InChI=1S/C16H16Cl2N2O/c1-11(7-8-12-4-3-9-21-12)20-14-6-2-5-13(18)16(14)19-15(20)10-17/h2-6,9,11H,7-8,10H2,1H3. The normalized spacial score (nSPS) is 12.9. The van der Waals surface area contributed by atoms with Crippen LogP contribution in [0.5, 0.6) is 0 Å². The van der Waals surface area contributed by atoms with Crippen LogP contribution in [-0.4, -0.2) is 9.55 Å². The average Bonchev–Trinajstić information content (AvgIpc) is 3.12. The third-order valence-electron chi connectivity index (χ3n) is 3.69. The quantitative estimate of drug-likeness (QED) is 0.603. The van der Waals surface area contributed by atoms with E-state index in [4.69, 9.17) is 27.6 Å². The van der Waals surface area contributed by atoms with Crippen molar-refractivity contribution in [1.82, 2.24) is 9.55 Å². The van der Waals surface area contributed by atoms with Crippen LogP contribution in [0.15, 0.2) is 41.0 Å². The van der Waals surface area contributed by atoms with Crippen LogP contribution in [0.3, 0.4) is 0 Å². The molecule has 0 saturated heterocycles. The molecule has 0 aliphatic heterocycles. The fourth-order valence-corrected chi connectivity index (χ4v) is 3.05. The Morgan fingerprint density at radius 1 is 1.29 bits per heavy atom. The molecular weight excluding hydrogens is 307 g/mol. The Labute approximate surface area is 133 Å². The molecule has 0 aliphatic carbocycles. The molecule has 1 atom stereocenters. The van der Waals surface area contributed by atoms with Gasteiger partial charge in [0.05, 0.1) is 22.7 Å². The second-order valence-corrected chi connectivity index (χ2v) is 5.78. The largest absolute Gasteiger partial charge is 0.469 e. The molecule has 0 radical (unpaired) electrons. The lowest BCUT2D eigenvalue weighted by atomic mass is 10.1. The van der Waals surface area contributed by atoms with E-state index in [-0.39, 0.29) is 6.04 Å². The van der Waals surface area contributed by atoms with Gasteiger partial charge in [0.25, 0.3) is 0 Å². The molecule has 2 aromatic heterocycles. The minimum absolute atomic E-state index is 0.271. The first kappa shape index (κ1) is 14.5. The van der Waals surface area contributed by atoms with Gasteiger partial charge in [-0.15, -0.1) is 11.6 Å². The lowest BCUT2D eigenvalue weighted by molar-refractivity contribution is 0.452. The first-order valence-corrected chi connectivity index (χ1v) is 7.85. The van der Waals surface area contributed by atoms with Crippen molar-refractivity contribution in [2.24, 2.45) is 0 Å².